The van der Waals surface area contributed by atoms with Gasteiger partial charge in [0.2, 0.25) is 0 Å². The van der Waals surface area contributed by atoms with Gasteiger partial charge >= 0.3 is 0 Å². The zero-order valence-electron chi connectivity index (χ0n) is 11.2. The van der Waals surface area contributed by atoms with Gasteiger partial charge < -0.3 is 4.74 Å². The van der Waals surface area contributed by atoms with Gasteiger partial charge in [-0.05, 0) is 35.9 Å². The van der Waals surface area contributed by atoms with Crippen LogP contribution in [-0.2, 0) is 22.3 Å². The Hall–Kier alpha value is -0.550. The molecule has 112 valence electrons. The summed E-state index contributed by atoms with van der Waals surface area (Å²) in [4.78, 5) is 0. The predicted octanol–water partition coefficient (Wildman–Crippen LogP) is 5.21. The maximum atomic E-state index is 12.3. The lowest BCUT2D eigenvalue weighted by atomic mass is 10.2. The first kappa shape index (κ1) is 16.8. The number of ether oxygens (including phenoxy) is 1. The second-order valence-electron chi connectivity index (χ2n) is 4.43. The molecule has 0 fully saturated rings. The standard InChI is InChI=1S/C15H13BrCl2O2S/c1-20-15-5-3-12(16)7-11(15)9-21(19)8-10-2-4-13(17)14(18)6-10/h2-7H,8-9H2,1H3. The highest BCUT2D eigenvalue weighted by Crippen LogP contribution is 2.26. The second-order valence-corrected chi connectivity index (χ2v) is 7.62. The van der Waals surface area contributed by atoms with Gasteiger partial charge in [0, 0.05) is 26.6 Å². The fourth-order valence-electron chi connectivity index (χ4n) is 1.90. The summed E-state index contributed by atoms with van der Waals surface area (Å²) in [6.07, 6.45) is 0. The average molecular weight is 408 g/mol. The van der Waals surface area contributed by atoms with E-state index in [1.54, 1.807) is 19.2 Å². The van der Waals surface area contributed by atoms with Crippen molar-refractivity contribution in [1.29, 1.82) is 0 Å². The van der Waals surface area contributed by atoms with Crippen LogP contribution >= 0.6 is 39.1 Å². The van der Waals surface area contributed by atoms with E-state index < -0.39 is 10.8 Å². The summed E-state index contributed by atoms with van der Waals surface area (Å²) in [6, 6.07) is 11.0. The minimum absolute atomic E-state index is 0.420. The minimum atomic E-state index is -1.06. The van der Waals surface area contributed by atoms with Crippen molar-refractivity contribution in [2.75, 3.05) is 7.11 Å². The summed E-state index contributed by atoms with van der Waals surface area (Å²) < 4.78 is 18.5. The van der Waals surface area contributed by atoms with Crippen LogP contribution in [0.15, 0.2) is 40.9 Å². The van der Waals surface area contributed by atoms with Gasteiger partial charge in [-0.2, -0.15) is 0 Å². The Morgan fingerprint density at radius 3 is 2.52 bits per heavy atom. The number of methoxy groups -OCH3 is 1. The molecule has 21 heavy (non-hydrogen) atoms. The summed E-state index contributed by atoms with van der Waals surface area (Å²) >= 11 is 15.3. The quantitative estimate of drug-likeness (QED) is 0.679. The fraction of sp³-hybridized carbons (Fsp3) is 0.200. The number of rotatable bonds is 5. The van der Waals surface area contributed by atoms with E-state index >= 15 is 0 Å². The highest BCUT2D eigenvalue weighted by molar-refractivity contribution is 9.10. The van der Waals surface area contributed by atoms with Crippen LogP contribution in [0.4, 0.5) is 0 Å². The molecule has 2 aromatic rings. The van der Waals surface area contributed by atoms with Gasteiger partial charge in [0.1, 0.15) is 5.75 Å². The number of benzene rings is 2. The third-order valence-electron chi connectivity index (χ3n) is 2.87. The molecule has 0 spiro atoms. The molecular formula is C15H13BrCl2O2S. The molecule has 0 bridgehead atoms. The number of halogens is 3. The molecule has 2 aromatic carbocycles. The molecule has 1 unspecified atom stereocenters. The summed E-state index contributed by atoms with van der Waals surface area (Å²) in [5.74, 6) is 1.58. The lowest BCUT2D eigenvalue weighted by Crippen LogP contribution is -2.01. The van der Waals surface area contributed by atoms with Gasteiger partial charge in [0.15, 0.2) is 0 Å². The molecule has 2 nitrogen and oxygen atoms in total. The molecule has 0 aromatic heterocycles. The van der Waals surface area contributed by atoms with Crippen molar-refractivity contribution in [3.8, 4) is 5.75 Å². The van der Waals surface area contributed by atoms with E-state index in [0.717, 1.165) is 21.3 Å². The van der Waals surface area contributed by atoms with Crippen molar-refractivity contribution in [2.45, 2.75) is 11.5 Å². The number of hydrogen-bond acceptors (Lipinski definition) is 2. The molecule has 1 atom stereocenters. The minimum Gasteiger partial charge on any atom is -0.496 e. The molecule has 2 rings (SSSR count). The molecule has 0 heterocycles. The normalized spacial score (nSPS) is 12.2. The van der Waals surface area contributed by atoms with E-state index in [4.69, 9.17) is 27.9 Å². The maximum Gasteiger partial charge on any atom is 0.123 e. The molecule has 0 saturated heterocycles. The Labute approximate surface area is 145 Å². The topological polar surface area (TPSA) is 26.3 Å². The van der Waals surface area contributed by atoms with Gasteiger partial charge in [-0.3, -0.25) is 4.21 Å². The lowest BCUT2D eigenvalue weighted by Gasteiger charge is -2.09. The zero-order chi connectivity index (χ0) is 15.4. The van der Waals surface area contributed by atoms with E-state index in [-0.39, 0.29) is 0 Å². The van der Waals surface area contributed by atoms with Gasteiger partial charge in [-0.25, -0.2) is 0 Å². The smallest absolute Gasteiger partial charge is 0.123 e. The second kappa shape index (κ2) is 7.63. The van der Waals surface area contributed by atoms with Crippen molar-refractivity contribution < 1.29 is 8.95 Å². The van der Waals surface area contributed by atoms with Crippen LogP contribution in [0.5, 0.6) is 5.75 Å². The summed E-state index contributed by atoms with van der Waals surface area (Å²) in [5.41, 5.74) is 1.81. The number of hydrogen-bond donors (Lipinski definition) is 0. The molecular weight excluding hydrogens is 395 g/mol. The third kappa shape index (κ3) is 4.71. The van der Waals surface area contributed by atoms with Crippen molar-refractivity contribution in [3.05, 3.63) is 62.0 Å². The van der Waals surface area contributed by atoms with Crippen LogP contribution in [0.1, 0.15) is 11.1 Å². The zero-order valence-corrected chi connectivity index (χ0v) is 15.2. The van der Waals surface area contributed by atoms with Crippen molar-refractivity contribution in [3.63, 3.8) is 0 Å². The molecule has 0 N–H and O–H groups in total. The molecule has 0 aliphatic heterocycles. The average Bonchev–Trinajstić information content (AvgIpc) is 2.43. The van der Waals surface area contributed by atoms with E-state index in [1.165, 1.54) is 0 Å². The van der Waals surface area contributed by atoms with Gasteiger partial charge in [-0.1, -0.05) is 45.2 Å². The van der Waals surface area contributed by atoms with Crippen molar-refractivity contribution >= 4 is 49.9 Å². The maximum absolute atomic E-state index is 12.3. The highest BCUT2D eigenvalue weighted by Gasteiger charge is 2.10. The molecule has 0 aliphatic rings. The van der Waals surface area contributed by atoms with Crippen LogP contribution in [0.3, 0.4) is 0 Å². The van der Waals surface area contributed by atoms with Gasteiger partial charge in [0.25, 0.3) is 0 Å². The van der Waals surface area contributed by atoms with Crippen LogP contribution in [0.25, 0.3) is 0 Å². The van der Waals surface area contributed by atoms with E-state index in [1.807, 2.05) is 24.3 Å². The summed E-state index contributed by atoms with van der Waals surface area (Å²) in [7, 11) is 0.546. The Bertz CT molecular complexity index is 677. The molecule has 0 amide bonds. The third-order valence-corrected chi connectivity index (χ3v) is 5.39. The van der Waals surface area contributed by atoms with Gasteiger partial charge in [0.05, 0.1) is 22.9 Å². The fourth-order valence-corrected chi connectivity index (χ4v) is 3.85. The Morgan fingerprint density at radius 2 is 1.86 bits per heavy atom. The molecule has 0 aliphatic carbocycles. The van der Waals surface area contributed by atoms with Crippen LogP contribution in [0, 0.1) is 0 Å². The highest BCUT2D eigenvalue weighted by atomic mass is 79.9. The first-order valence-corrected chi connectivity index (χ1v) is 9.14. The first-order chi connectivity index (χ1) is 9.99. The Balaban J connectivity index is 2.11. The van der Waals surface area contributed by atoms with Crippen LogP contribution in [-0.4, -0.2) is 11.3 Å². The monoisotopic (exact) mass is 406 g/mol. The van der Waals surface area contributed by atoms with Crippen molar-refractivity contribution in [2.24, 2.45) is 0 Å². The SMILES string of the molecule is COc1ccc(Br)cc1CS(=O)Cc1ccc(Cl)c(Cl)c1. The van der Waals surface area contributed by atoms with E-state index in [0.29, 0.717) is 21.6 Å². The Kier molecular flexibility index (Phi) is 6.11. The predicted molar refractivity (Wildman–Crippen MR) is 92.7 cm³/mol. The van der Waals surface area contributed by atoms with E-state index in [2.05, 4.69) is 15.9 Å². The first-order valence-electron chi connectivity index (χ1n) is 6.11. The molecule has 0 radical (unpaired) electrons. The van der Waals surface area contributed by atoms with Gasteiger partial charge in [-0.15, -0.1) is 0 Å². The lowest BCUT2D eigenvalue weighted by molar-refractivity contribution is 0.411. The van der Waals surface area contributed by atoms with Crippen LogP contribution in [0.2, 0.25) is 10.0 Å². The Morgan fingerprint density at radius 1 is 1.10 bits per heavy atom. The van der Waals surface area contributed by atoms with Crippen molar-refractivity contribution in [1.82, 2.24) is 0 Å². The van der Waals surface area contributed by atoms with E-state index in [9.17, 15) is 4.21 Å². The largest absolute Gasteiger partial charge is 0.496 e. The summed E-state index contributed by atoms with van der Waals surface area (Å²) in [6.45, 7) is 0. The summed E-state index contributed by atoms with van der Waals surface area (Å²) in [5, 5.41) is 0.978. The molecule has 0 saturated carbocycles. The van der Waals surface area contributed by atoms with Crippen LogP contribution < -0.4 is 4.74 Å². The molecule has 6 heteroatoms.